The van der Waals surface area contributed by atoms with E-state index in [-0.39, 0.29) is 5.82 Å². The van der Waals surface area contributed by atoms with Crippen LogP contribution in [-0.4, -0.2) is 72.3 Å². The first-order chi connectivity index (χ1) is 14.1. The Morgan fingerprint density at radius 1 is 1.24 bits per heavy atom. The minimum absolute atomic E-state index is 0.253. The van der Waals surface area contributed by atoms with E-state index in [4.69, 9.17) is 15.5 Å². The summed E-state index contributed by atoms with van der Waals surface area (Å²) in [6, 6.07) is 0.336. The molecule has 0 aromatic carbocycles. The Balaban J connectivity index is 1.84. The lowest BCUT2D eigenvalue weighted by Gasteiger charge is -2.32. The van der Waals surface area contributed by atoms with Gasteiger partial charge in [0.25, 0.3) is 0 Å². The molecule has 0 radical (unpaired) electrons. The summed E-state index contributed by atoms with van der Waals surface area (Å²) in [5.74, 6) is 0.867. The molecule has 160 valence electrons. The van der Waals surface area contributed by atoms with Gasteiger partial charge < -0.3 is 30.7 Å². The van der Waals surface area contributed by atoms with Gasteiger partial charge in [0.05, 0.1) is 6.61 Å². The number of aliphatic hydroxyl groups excluding tert-OH is 3. The fourth-order valence-electron chi connectivity index (χ4n) is 4.44. The van der Waals surface area contributed by atoms with Gasteiger partial charge in [-0.1, -0.05) is 26.2 Å². The molecular weight excluding hydrogens is 376 g/mol. The van der Waals surface area contributed by atoms with Crippen molar-refractivity contribution in [2.24, 2.45) is 0 Å². The molecule has 0 spiro atoms. The van der Waals surface area contributed by atoms with Crippen LogP contribution in [0.4, 0.5) is 11.8 Å². The number of aromatic nitrogens is 4. The summed E-state index contributed by atoms with van der Waals surface area (Å²) in [5.41, 5.74) is 6.96. The van der Waals surface area contributed by atoms with Crippen LogP contribution in [0, 0.1) is 0 Å². The quantitative estimate of drug-likeness (QED) is 0.519. The van der Waals surface area contributed by atoms with E-state index in [1.807, 2.05) is 0 Å². The number of hydrogen-bond donors (Lipinski definition) is 4. The summed E-state index contributed by atoms with van der Waals surface area (Å²) in [7, 11) is 0. The molecule has 0 amide bonds. The molecule has 10 heteroatoms. The minimum atomic E-state index is -1.23. The minimum Gasteiger partial charge on any atom is -0.394 e. The number of ether oxygens (including phenoxy) is 1. The zero-order chi connectivity index (χ0) is 20.5. The van der Waals surface area contributed by atoms with Crippen molar-refractivity contribution in [3.8, 4) is 0 Å². The van der Waals surface area contributed by atoms with Gasteiger partial charge in [0.2, 0.25) is 5.95 Å². The fourth-order valence-corrected chi connectivity index (χ4v) is 4.44. The molecule has 2 aromatic rings. The highest BCUT2D eigenvalue weighted by molar-refractivity contribution is 5.84. The summed E-state index contributed by atoms with van der Waals surface area (Å²) in [6.07, 6.45) is 3.64. The molecule has 10 nitrogen and oxygen atoms in total. The van der Waals surface area contributed by atoms with Crippen molar-refractivity contribution in [1.82, 2.24) is 19.5 Å². The Morgan fingerprint density at radius 2 is 2.00 bits per heavy atom. The number of hydrogen-bond acceptors (Lipinski definition) is 9. The number of anilines is 2. The van der Waals surface area contributed by atoms with E-state index in [0.29, 0.717) is 23.2 Å². The van der Waals surface area contributed by atoms with E-state index in [9.17, 15) is 15.3 Å². The lowest BCUT2D eigenvalue weighted by molar-refractivity contribution is -0.0505. The van der Waals surface area contributed by atoms with Crippen molar-refractivity contribution in [3.05, 3.63) is 6.33 Å². The number of nitrogens with zero attached hydrogens (tertiary/aromatic N) is 5. The summed E-state index contributed by atoms with van der Waals surface area (Å²) in [5, 5.41) is 30.5. The topological polar surface area (TPSA) is 143 Å². The lowest BCUT2D eigenvalue weighted by atomic mass is 10.1. The Labute approximate surface area is 169 Å². The number of nitrogens with two attached hydrogens (primary N) is 1. The van der Waals surface area contributed by atoms with E-state index in [1.165, 1.54) is 19.2 Å². The van der Waals surface area contributed by atoms with Crippen LogP contribution in [0.1, 0.15) is 51.7 Å². The molecule has 2 aromatic heterocycles. The number of aliphatic hydroxyl groups is 3. The highest BCUT2D eigenvalue weighted by Crippen LogP contribution is 2.38. The second-order valence-electron chi connectivity index (χ2n) is 7.93. The van der Waals surface area contributed by atoms with Crippen LogP contribution in [-0.2, 0) is 4.74 Å². The largest absolute Gasteiger partial charge is 0.394 e. The zero-order valence-electron chi connectivity index (χ0n) is 16.7. The predicted octanol–water partition coefficient (Wildman–Crippen LogP) is 0.569. The highest BCUT2D eigenvalue weighted by Gasteiger charge is 2.45. The molecule has 1 aliphatic carbocycles. The maximum absolute atomic E-state index is 10.7. The molecule has 5 N–H and O–H groups in total. The van der Waals surface area contributed by atoms with Gasteiger partial charge in [-0.25, -0.2) is 15.0 Å². The summed E-state index contributed by atoms with van der Waals surface area (Å²) >= 11 is 0. The molecule has 1 saturated carbocycles. The van der Waals surface area contributed by atoms with Gasteiger partial charge in [-0.3, -0.25) is 4.57 Å². The Morgan fingerprint density at radius 3 is 2.66 bits per heavy atom. The lowest BCUT2D eigenvalue weighted by Crippen LogP contribution is -2.38. The average molecular weight is 406 g/mol. The van der Waals surface area contributed by atoms with Crippen LogP contribution >= 0.6 is 0 Å². The molecule has 1 aliphatic heterocycles. The Hall–Kier alpha value is -2.01. The molecule has 2 aliphatic rings. The molecule has 3 heterocycles. The SMILES string of the molecule is CCCCN(c1nc2c(N)ncnc2n1[C@@H]1O[C@H](CO)[C@@H](O)[C@H]1O)C1CCCC1. The third kappa shape index (κ3) is 3.54. The van der Waals surface area contributed by atoms with Gasteiger partial charge in [0.15, 0.2) is 23.2 Å². The molecule has 0 unspecified atom stereocenters. The van der Waals surface area contributed by atoms with E-state index >= 15 is 0 Å². The number of fused-ring (bicyclic) bond motifs is 1. The molecule has 29 heavy (non-hydrogen) atoms. The number of rotatable bonds is 7. The highest BCUT2D eigenvalue weighted by atomic mass is 16.6. The molecule has 1 saturated heterocycles. The van der Waals surface area contributed by atoms with Gasteiger partial charge in [-0.15, -0.1) is 0 Å². The third-order valence-corrected chi connectivity index (χ3v) is 6.03. The van der Waals surface area contributed by atoms with E-state index < -0.39 is 31.1 Å². The van der Waals surface area contributed by atoms with Crippen LogP contribution in [0.5, 0.6) is 0 Å². The summed E-state index contributed by atoms with van der Waals surface area (Å²) in [6.45, 7) is 2.56. The number of imidazole rings is 1. The normalized spacial score (nSPS) is 27.9. The van der Waals surface area contributed by atoms with Crippen molar-refractivity contribution in [2.45, 2.75) is 76.0 Å². The maximum Gasteiger partial charge on any atom is 0.210 e. The van der Waals surface area contributed by atoms with E-state index in [0.717, 1.165) is 32.2 Å². The van der Waals surface area contributed by atoms with Crippen molar-refractivity contribution in [1.29, 1.82) is 0 Å². The Bertz CT molecular complexity index is 839. The molecule has 4 rings (SSSR count). The third-order valence-electron chi connectivity index (χ3n) is 6.03. The fraction of sp³-hybridized carbons (Fsp3) is 0.737. The van der Waals surface area contributed by atoms with Gasteiger partial charge >= 0.3 is 0 Å². The molecule has 0 bridgehead atoms. The van der Waals surface area contributed by atoms with E-state index in [1.54, 1.807) is 4.57 Å². The van der Waals surface area contributed by atoms with Gasteiger partial charge in [0.1, 0.15) is 24.6 Å². The number of nitrogen functional groups attached to an aromatic ring is 1. The second kappa shape index (κ2) is 8.39. The van der Waals surface area contributed by atoms with Crippen molar-refractivity contribution < 1.29 is 20.1 Å². The maximum atomic E-state index is 10.7. The number of unbranched alkanes of at least 4 members (excludes halogenated alkanes) is 1. The Kier molecular flexibility index (Phi) is 5.86. The first kappa shape index (κ1) is 20.3. The standard InChI is InChI=1S/C19H30N6O4/c1-2-3-8-24(11-6-4-5-7-11)19-23-13-16(20)21-10-22-17(13)25(19)18-15(28)14(27)12(9-26)29-18/h10-12,14-15,18,26-28H,2-9H2,1H3,(H2,20,21,22)/t12-,14-,15-,18-/m1/s1. The summed E-state index contributed by atoms with van der Waals surface area (Å²) in [4.78, 5) is 15.4. The van der Waals surface area contributed by atoms with E-state index in [2.05, 4.69) is 21.8 Å². The van der Waals surface area contributed by atoms with Crippen LogP contribution in [0.2, 0.25) is 0 Å². The second-order valence-corrected chi connectivity index (χ2v) is 7.93. The van der Waals surface area contributed by atoms with Crippen molar-refractivity contribution in [2.75, 3.05) is 23.8 Å². The zero-order valence-corrected chi connectivity index (χ0v) is 16.7. The van der Waals surface area contributed by atoms with Gasteiger partial charge in [-0.05, 0) is 19.3 Å². The smallest absolute Gasteiger partial charge is 0.210 e. The average Bonchev–Trinajstić information content (AvgIpc) is 3.43. The molecule has 2 fully saturated rings. The predicted molar refractivity (Wildman–Crippen MR) is 107 cm³/mol. The molecular formula is C19H30N6O4. The monoisotopic (exact) mass is 406 g/mol. The van der Waals surface area contributed by atoms with Crippen LogP contribution < -0.4 is 10.6 Å². The summed E-state index contributed by atoms with van der Waals surface area (Å²) < 4.78 is 7.54. The van der Waals surface area contributed by atoms with Gasteiger partial charge in [0, 0.05) is 12.6 Å². The first-order valence-electron chi connectivity index (χ1n) is 10.4. The van der Waals surface area contributed by atoms with Gasteiger partial charge in [-0.2, -0.15) is 0 Å². The first-order valence-corrected chi connectivity index (χ1v) is 10.4. The van der Waals surface area contributed by atoms with Crippen LogP contribution in [0.15, 0.2) is 6.33 Å². The van der Waals surface area contributed by atoms with Crippen LogP contribution in [0.3, 0.4) is 0 Å². The van der Waals surface area contributed by atoms with Crippen molar-refractivity contribution >= 4 is 22.9 Å². The van der Waals surface area contributed by atoms with Crippen molar-refractivity contribution in [3.63, 3.8) is 0 Å². The molecule has 4 atom stereocenters. The van der Waals surface area contributed by atoms with Crippen LogP contribution in [0.25, 0.3) is 11.2 Å².